The fraction of sp³-hybridized carbons (Fsp3) is 0.294. The summed E-state index contributed by atoms with van der Waals surface area (Å²) in [6, 6.07) is 8.99. The van der Waals surface area contributed by atoms with Crippen molar-refractivity contribution in [2.45, 2.75) is 19.3 Å². The van der Waals surface area contributed by atoms with Gasteiger partial charge < -0.3 is 4.90 Å². The first-order valence-electron chi connectivity index (χ1n) is 7.27. The van der Waals surface area contributed by atoms with Gasteiger partial charge in [-0.1, -0.05) is 23.2 Å². The summed E-state index contributed by atoms with van der Waals surface area (Å²) >= 11 is 12.0. The summed E-state index contributed by atoms with van der Waals surface area (Å²) in [7, 11) is 0. The van der Waals surface area contributed by atoms with Crippen molar-refractivity contribution in [3.63, 3.8) is 0 Å². The lowest BCUT2D eigenvalue weighted by atomic mass is 10.1. The van der Waals surface area contributed by atoms with Gasteiger partial charge >= 0.3 is 0 Å². The standard InChI is InChI=1S/C17H16Cl2N2O/c18-14-6-13(7-15(19)9-14)8-17(22)21(11-12-3-4-12)16-2-1-5-20-10-16/h1-2,5-7,9-10,12H,3-4,8,11H2. The third-order valence-electron chi connectivity index (χ3n) is 3.67. The number of benzene rings is 1. The maximum Gasteiger partial charge on any atom is 0.231 e. The number of aromatic nitrogens is 1. The first-order chi connectivity index (χ1) is 10.6. The third kappa shape index (κ3) is 3.99. The summed E-state index contributed by atoms with van der Waals surface area (Å²) in [5.74, 6) is 0.644. The molecule has 114 valence electrons. The van der Waals surface area contributed by atoms with Crippen LogP contribution in [0.3, 0.4) is 0 Å². The SMILES string of the molecule is O=C(Cc1cc(Cl)cc(Cl)c1)N(CC1CC1)c1cccnc1. The van der Waals surface area contributed by atoms with Crippen LogP contribution < -0.4 is 4.90 Å². The number of carbonyl (C=O) groups excluding carboxylic acids is 1. The molecule has 0 N–H and O–H groups in total. The molecule has 0 bridgehead atoms. The molecule has 0 unspecified atom stereocenters. The molecule has 0 atom stereocenters. The van der Waals surface area contributed by atoms with Gasteiger partial charge in [-0.2, -0.15) is 0 Å². The number of hydrogen-bond acceptors (Lipinski definition) is 2. The highest BCUT2D eigenvalue weighted by Crippen LogP contribution is 2.31. The van der Waals surface area contributed by atoms with Gasteiger partial charge in [-0.15, -0.1) is 0 Å². The number of amides is 1. The van der Waals surface area contributed by atoms with Crippen molar-refractivity contribution < 1.29 is 4.79 Å². The molecule has 1 heterocycles. The lowest BCUT2D eigenvalue weighted by Crippen LogP contribution is -2.34. The van der Waals surface area contributed by atoms with E-state index in [-0.39, 0.29) is 12.3 Å². The van der Waals surface area contributed by atoms with Crippen molar-refractivity contribution in [3.8, 4) is 0 Å². The Labute approximate surface area is 139 Å². The zero-order valence-electron chi connectivity index (χ0n) is 12.0. The number of halogens is 2. The van der Waals surface area contributed by atoms with Crippen LogP contribution in [0.4, 0.5) is 5.69 Å². The van der Waals surface area contributed by atoms with Crippen molar-refractivity contribution in [3.05, 3.63) is 58.3 Å². The number of pyridine rings is 1. The number of rotatable bonds is 5. The predicted molar refractivity (Wildman–Crippen MR) is 89.5 cm³/mol. The van der Waals surface area contributed by atoms with Gasteiger partial charge in [-0.25, -0.2) is 0 Å². The number of nitrogens with zero attached hydrogens (tertiary/aromatic N) is 2. The molecule has 5 heteroatoms. The fourth-order valence-electron chi connectivity index (χ4n) is 2.41. The summed E-state index contributed by atoms with van der Waals surface area (Å²) in [5, 5.41) is 1.09. The Morgan fingerprint density at radius 1 is 1.23 bits per heavy atom. The largest absolute Gasteiger partial charge is 0.310 e. The molecule has 3 nitrogen and oxygen atoms in total. The molecule has 1 saturated carbocycles. The molecule has 3 rings (SSSR count). The summed E-state index contributed by atoms with van der Waals surface area (Å²) < 4.78 is 0. The Kier molecular flexibility index (Phi) is 4.65. The molecule has 0 saturated heterocycles. The van der Waals surface area contributed by atoms with E-state index in [1.165, 1.54) is 12.8 Å². The van der Waals surface area contributed by atoms with Crippen LogP contribution in [0.2, 0.25) is 10.0 Å². The van der Waals surface area contributed by atoms with E-state index >= 15 is 0 Å². The smallest absolute Gasteiger partial charge is 0.231 e. The van der Waals surface area contributed by atoms with Crippen LogP contribution in [0.25, 0.3) is 0 Å². The minimum absolute atomic E-state index is 0.0400. The highest BCUT2D eigenvalue weighted by molar-refractivity contribution is 6.34. The zero-order valence-corrected chi connectivity index (χ0v) is 13.5. The lowest BCUT2D eigenvalue weighted by Gasteiger charge is -2.22. The molecular formula is C17H16Cl2N2O. The number of hydrogen-bond donors (Lipinski definition) is 0. The molecule has 1 aliphatic carbocycles. The first-order valence-corrected chi connectivity index (χ1v) is 8.03. The number of anilines is 1. The second-order valence-electron chi connectivity index (χ2n) is 5.61. The molecule has 1 amide bonds. The van der Waals surface area contributed by atoms with Crippen LogP contribution >= 0.6 is 23.2 Å². The Morgan fingerprint density at radius 2 is 1.95 bits per heavy atom. The highest BCUT2D eigenvalue weighted by atomic mass is 35.5. The summed E-state index contributed by atoms with van der Waals surface area (Å²) in [6.45, 7) is 0.749. The Balaban J connectivity index is 1.79. The van der Waals surface area contributed by atoms with Gasteiger partial charge in [-0.3, -0.25) is 9.78 Å². The molecule has 1 aromatic carbocycles. The Bertz CT molecular complexity index is 651. The van der Waals surface area contributed by atoms with Crippen LogP contribution in [0, 0.1) is 5.92 Å². The normalized spacial score (nSPS) is 13.9. The van der Waals surface area contributed by atoms with Gasteiger partial charge in [-0.05, 0) is 54.7 Å². The Morgan fingerprint density at radius 3 is 2.55 bits per heavy atom. The minimum Gasteiger partial charge on any atom is -0.310 e. The maximum atomic E-state index is 12.7. The van der Waals surface area contributed by atoms with Crippen LogP contribution in [0.1, 0.15) is 18.4 Å². The van der Waals surface area contributed by atoms with Gasteiger partial charge in [0.15, 0.2) is 0 Å². The van der Waals surface area contributed by atoms with E-state index in [9.17, 15) is 4.79 Å². The summed E-state index contributed by atoms with van der Waals surface area (Å²) in [6.07, 6.45) is 6.09. The van der Waals surface area contributed by atoms with E-state index in [0.717, 1.165) is 17.8 Å². The van der Waals surface area contributed by atoms with E-state index in [1.807, 2.05) is 17.0 Å². The zero-order chi connectivity index (χ0) is 15.5. The van der Waals surface area contributed by atoms with Gasteiger partial charge in [0.2, 0.25) is 5.91 Å². The van der Waals surface area contributed by atoms with Crippen molar-refractivity contribution in [2.24, 2.45) is 5.92 Å². The average molecular weight is 335 g/mol. The van der Waals surface area contributed by atoms with Crippen LogP contribution in [-0.2, 0) is 11.2 Å². The summed E-state index contributed by atoms with van der Waals surface area (Å²) in [5.41, 5.74) is 1.67. The predicted octanol–water partition coefficient (Wildman–Crippen LogP) is 4.37. The first kappa shape index (κ1) is 15.3. The lowest BCUT2D eigenvalue weighted by molar-refractivity contribution is -0.118. The van der Waals surface area contributed by atoms with Crippen LogP contribution in [0.5, 0.6) is 0 Å². The van der Waals surface area contributed by atoms with Crippen LogP contribution in [0.15, 0.2) is 42.7 Å². The molecule has 1 fully saturated rings. The maximum absolute atomic E-state index is 12.7. The summed E-state index contributed by atoms with van der Waals surface area (Å²) in [4.78, 5) is 18.6. The van der Waals surface area contributed by atoms with Crippen molar-refractivity contribution in [1.29, 1.82) is 0 Å². The van der Waals surface area contributed by atoms with Crippen LogP contribution in [-0.4, -0.2) is 17.4 Å². The topological polar surface area (TPSA) is 33.2 Å². The Hall–Kier alpha value is -1.58. The quantitative estimate of drug-likeness (QED) is 0.813. The molecule has 0 spiro atoms. The second-order valence-corrected chi connectivity index (χ2v) is 6.49. The van der Waals surface area contributed by atoms with Gasteiger partial charge in [0.25, 0.3) is 0 Å². The third-order valence-corrected chi connectivity index (χ3v) is 4.11. The van der Waals surface area contributed by atoms with Gasteiger partial charge in [0.1, 0.15) is 0 Å². The second kappa shape index (κ2) is 6.67. The van der Waals surface area contributed by atoms with Crippen molar-refractivity contribution in [2.75, 3.05) is 11.4 Å². The van der Waals surface area contributed by atoms with Crippen molar-refractivity contribution >= 4 is 34.8 Å². The number of carbonyl (C=O) groups is 1. The molecule has 1 aliphatic rings. The highest BCUT2D eigenvalue weighted by Gasteiger charge is 2.27. The van der Waals surface area contributed by atoms with E-state index in [0.29, 0.717) is 16.0 Å². The van der Waals surface area contributed by atoms with E-state index in [1.54, 1.807) is 30.6 Å². The van der Waals surface area contributed by atoms with E-state index < -0.39 is 0 Å². The minimum atomic E-state index is 0.0400. The monoisotopic (exact) mass is 334 g/mol. The molecule has 0 aliphatic heterocycles. The average Bonchev–Trinajstić information content (AvgIpc) is 3.28. The molecule has 2 aromatic rings. The molecular weight excluding hydrogens is 319 g/mol. The van der Waals surface area contributed by atoms with E-state index in [4.69, 9.17) is 23.2 Å². The van der Waals surface area contributed by atoms with Gasteiger partial charge in [0.05, 0.1) is 18.3 Å². The molecule has 22 heavy (non-hydrogen) atoms. The molecule has 1 aromatic heterocycles. The molecule has 0 radical (unpaired) electrons. The fourth-order valence-corrected chi connectivity index (χ4v) is 2.98. The van der Waals surface area contributed by atoms with Crippen molar-refractivity contribution in [1.82, 2.24) is 4.98 Å². The van der Waals surface area contributed by atoms with Gasteiger partial charge in [0, 0.05) is 22.8 Å². The van der Waals surface area contributed by atoms with E-state index in [2.05, 4.69) is 4.98 Å².